The minimum atomic E-state index is 0.777. The van der Waals surface area contributed by atoms with Crippen LogP contribution in [0.3, 0.4) is 0 Å². The maximum atomic E-state index is 6.19. The van der Waals surface area contributed by atoms with E-state index in [2.05, 4.69) is 36.9 Å². The first kappa shape index (κ1) is 28.0. The molecule has 0 amide bonds. The maximum Gasteiger partial charge on any atom is 0.142 e. The number of ether oxygens (including phenoxy) is 3. The van der Waals surface area contributed by atoms with Gasteiger partial charge in [0, 0.05) is 29.9 Å². The molecule has 32 heavy (non-hydrogen) atoms. The van der Waals surface area contributed by atoms with Crippen LogP contribution in [0, 0.1) is 10.8 Å². The molecule has 0 radical (unpaired) electrons. The van der Waals surface area contributed by atoms with E-state index in [0.717, 1.165) is 69.5 Å². The molecule has 0 aliphatic carbocycles. The molecule has 1 aliphatic rings. The zero-order chi connectivity index (χ0) is 23.3. The molecular formula is C26H45N3O3. The van der Waals surface area contributed by atoms with Gasteiger partial charge in [0.1, 0.15) is 11.5 Å². The average molecular weight is 448 g/mol. The normalized spacial score (nSPS) is 13.3. The molecule has 1 aromatic carbocycles. The topological polar surface area (TPSA) is 78.5 Å². The Kier molecular flexibility index (Phi) is 17.2. The molecule has 1 aliphatic heterocycles. The summed E-state index contributed by atoms with van der Waals surface area (Å²) in [6.45, 7) is 9.49. The van der Waals surface area contributed by atoms with Gasteiger partial charge in [0.05, 0.1) is 32.1 Å². The predicted octanol–water partition coefficient (Wildman–Crippen LogP) is 7.03. The van der Waals surface area contributed by atoms with Gasteiger partial charge in [0.25, 0.3) is 0 Å². The molecule has 0 bridgehead atoms. The van der Waals surface area contributed by atoms with E-state index >= 15 is 0 Å². The highest BCUT2D eigenvalue weighted by Gasteiger charge is 2.17. The smallest absolute Gasteiger partial charge is 0.142 e. The van der Waals surface area contributed by atoms with Gasteiger partial charge in [-0.1, -0.05) is 78.1 Å². The molecule has 1 heterocycles. The summed E-state index contributed by atoms with van der Waals surface area (Å²) in [6.07, 6.45) is 15.4. The summed E-state index contributed by atoms with van der Waals surface area (Å²) in [5.74, 6) is 1.94. The lowest BCUT2D eigenvalue weighted by atomic mass is 10.1. The number of hydrogen-bond donors (Lipinski definition) is 0. The summed E-state index contributed by atoms with van der Waals surface area (Å²) < 4.78 is 17.8. The molecule has 0 aromatic heterocycles. The Bertz CT molecular complexity index is 589. The lowest BCUT2D eigenvalue weighted by Gasteiger charge is -2.30. The van der Waals surface area contributed by atoms with Crippen LogP contribution >= 0.6 is 0 Å². The van der Waals surface area contributed by atoms with Crippen molar-refractivity contribution in [3.05, 3.63) is 18.2 Å². The van der Waals surface area contributed by atoms with Gasteiger partial charge in [0.2, 0.25) is 0 Å². The zero-order valence-electron chi connectivity index (χ0n) is 20.5. The van der Waals surface area contributed by atoms with Crippen LogP contribution in [0.25, 0.3) is 0 Å². The number of anilines is 1. The fraction of sp³-hybridized carbons (Fsp3) is 0.769. The highest BCUT2D eigenvalue weighted by Crippen LogP contribution is 2.33. The second-order valence-corrected chi connectivity index (χ2v) is 8.46. The molecule has 1 fully saturated rings. The van der Waals surface area contributed by atoms with Crippen LogP contribution in [0.2, 0.25) is 0 Å². The molecule has 1 aromatic rings. The van der Waals surface area contributed by atoms with Crippen LogP contribution in [0.4, 0.5) is 5.69 Å². The lowest BCUT2D eigenvalue weighted by molar-refractivity contribution is 0.122. The molecule has 182 valence electrons. The van der Waals surface area contributed by atoms with E-state index in [0.29, 0.717) is 0 Å². The van der Waals surface area contributed by atoms with E-state index in [4.69, 9.17) is 25.0 Å². The second-order valence-electron chi connectivity index (χ2n) is 8.46. The van der Waals surface area contributed by atoms with Gasteiger partial charge in [-0.2, -0.15) is 0 Å². The third kappa shape index (κ3) is 12.1. The van der Waals surface area contributed by atoms with Crippen LogP contribution in [0.1, 0.15) is 90.9 Å². The van der Waals surface area contributed by atoms with Crippen LogP contribution in [-0.2, 0) is 4.74 Å². The minimum absolute atomic E-state index is 0.777. The first-order valence-electron chi connectivity index (χ1n) is 12.8. The summed E-state index contributed by atoms with van der Waals surface area (Å²) in [4.78, 5) is 2.37. The van der Waals surface area contributed by atoms with Gasteiger partial charge in [-0.15, -0.1) is 0 Å². The van der Waals surface area contributed by atoms with Crippen LogP contribution < -0.4 is 14.4 Å². The van der Waals surface area contributed by atoms with Gasteiger partial charge in [-0.25, -0.2) is 0 Å². The van der Waals surface area contributed by atoms with Crippen molar-refractivity contribution in [2.75, 3.05) is 44.4 Å². The molecule has 0 unspecified atom stereocenters. The number of unbranched alkanes of at least 4 members (excludes halogenated alkanes) is 10. The monoisotopic (exact) mass is 447 g/mol. The maximum absolute atomic E-state index is 6.19. The Morgan fingerprint density at radius 2 is 1.28 bits per heavy atom. The van der Waals surface area contributed by atoms with Crippen molar-refractivity contribution in [3.63, 3.8) is 0 Å². The number of hydrogen-bond acceptors (Lipinski definition) is 6. The Morgan fingerprint density at radius 3 is 1.88 bits per heavy atom. The second kappa shape index (κ2) is 19.7. The first-order chi connectivity index (χ1) is 15.8. The molecule has 2 rings (SSSR count). The van der Waals surface area contributed by atoms with Crippen molar-refractivity contribution in [1.29, 1.82) is 10.8 Å². The standard InChI is InChI=1S/C26H45NO3.N2/c1-3-5-7-9-11-13-19-29-24-15-16-26(30-20-14-12-10-8-6-4-2)25(23-24)27-17-21-28-22-18-27;1-2/h15-16,23H,3-14,17-22H2,1-2H3;. The Labute approximate surface area is 196 Å². The van der Waals surface area contributed by atoms with Crippen molar-refractivity contribution < 1.29 is 14.2 Å². The van der Waals surface area contributed by atoms with E-state index < -0.39 is 0 Å². The van der Waals surface area contributed by atoms with Gasteiger partial charge in [-0.3, -0.25) is 0 Å². The molecule has 0 saturated carbocycles. The highest BCUT2D eigenvalue weighted by atomic mass is 16.5. The summed E-state index contributed by atoms with van der Waals surface area (Å²) in [5.41, 5.74) is 1.16. The largest absolute Gasteiger partial charge is 0.494 e. The molecule has 0 spiro atoms. The van der Waals surface area contributed by atoms with Crippen molar-refractivity contribution in [2.24, 2.45) is 0 Å². The predicted molar refractivity (Wildman–Crippen MR) is 131 cm³/mol. The third-order valence-electron chi connectivity index (χ3n) is 5.80. The fourth-order valence-electron chi connectivity index (χ4n) is 3.90. The van der Waals surface area contributed by atoms with E-state index in [1.165, 1.54) is 64.2 Å². The number of nitrogens with zero attached hydrogens (tertiary/aromatic N) is 3. The number of morpholine rings is 1. The fourth-order valence-corrected chi connectivity index (χ4v) is 3.90. The van der Waals surface area contributed by atoms with E-state index in [-0.39, 0.29) is 0 Å². The number of rotatable bonds is 17. The first-order valence-corrected chi connectivity index (χ1v) is 12.8. The quantitative estimate of drug-likeness (QED) is 0.188. The average Bonchev–Trinajstić information content (AvgIpc) is 2.85. The lowest BCUT2D eigenvalue weighted by Crippen LogP contribution is -2.36. The van der Waals surface area contributed by atoms with Gasteiger partial charge in [0.15, 0.2) is 0 Å². The zero-order valence-corrected chi connectivity index (χ0v) is 20.5. The molecule has 1 saturated heterocycles. The van der Waals surface area contributed by atoms with Crippen molar-refractivity contribution in [1.82, 2.24) is 0 Å². The van der Waals surface area contributed by atoms with Gasteiger partial charge >= 0.3 is 0 Å². The summed E-state index contributed by atoms with van der Waals surface area (Å²) in [5, 5.41) is 12.0. The Morgan fingerprint density at radius 1 is 0.750 bits per heavy atom. The minimum Gasteiger partial charge on any atom is -0.494 e. The van der Waals surface area contributed by atoms with Crippen molar-refractivity contribution in [3.8, 4) is 11.5 Å². The van der Waals surface area contributed by atoms with Gasteiger partial charge in [-0.05, 0) is 25.0 Å². The molecular weight excluding hydrogens is 402 g/mol. The third-order valence-corrected chi connectivity index (χ3v) is 5.80. The summed E-state index contributed by atoms with van der Waals surface area (Å²) in [7, 11) is 0. The van der Waals surface area contributed by atoms with E-state index in [1.54, 1.807) is 0 Å². The van der Waals surface area contributed by atoms with E-state index in [1.807, 2.05) is 0 Å². The van der Waals surface area contributed by atoms with Crippen molar-refractivity contribution >= 4 is 5.69 Å². The van der Waals surface area contributed by atoms with E-state index in [9.17, 15) is 0 Å². The SMILES string of the molecule is CCCCCCCCOc1ccc(OCCCCCCCC)c(N2CCOCC2)c1.N#N. The number of benzene rings is 1. The molecule has 6 heteroatoms. The Balaban J connectivity index is 0.00000249. The highest BCUT2D eigenvalue weighted by molar-refractivity contribution is 5.62. The summed E-state index contributed by atoms with van der Waals surface area (Å²) >= 11 is 0. The Hall–Kier alpha value is -2.00. The van der Waals surface area contributed by atoms with Gasteiger partial charge < -0.3 is 19.1 Å². The molecule has 6 nitrogen and oxygen atoms in total. The summed E-state index contributed by atoms with van der Waals surface area (Å²) in [6, 6.07) is 6.33. The van der Waals surface area contributed by atoms with Crippen molar-refractivity contribution in [2.45, 2.75) is 90.9 Å². The molecule has 0 N–H and O–H groups in total. The molecule has 0 atom stereocenters. The van der Waals surface area contributed by atoms with Crippen LogP contribution in [0.5, 0.6) is 11.5 Å². The van der Waals surface area contributed by atoms with Crippen LogP contribution in [0.15, 0.2) is 18.2 Å². The van der Waals surface area contributed by atoms with Crippen LogP contribution in [-0.4, -0.2) is 39.5 Å².